The second kappa shape index (κ2) is 5.83. The first-order valence-corrected chi connectivity index (χ1v) is 7.76. The first-order valence-electron chi connectivity index (χ1n) is 5.87. The Labute approximate surface area is 118 Å². The predicted octanol–water partition coefficient (Wildman–Crippen LogP) is 2.86. The van der Waals surface area contributed by atoms with E-state index in [2.05, 4.69) is 4.72 Å². The third-order valence-corrected chi connectivity index (χ3v) is 3.06. The van der Waals surface area contributed by atoms with Crippen LogP contribution in [0.2, 0.25) is 0 Å². The molecule has 0 unspecified atom stereocenters. The van der Waals surface area contributed by atoms with Gasteiger partial charge in [-0.05, 0) is 36.4 Å². The van der Waals surface area contributed by atoms with Crippen molar-refractivity contribution < 1.29 is 17.9 Å². The lowest BCUT2D eigenvalue weighted by molar-refractivity contribution is 0.379. The number of benzene rings is 2. The van der Waals surface area contributed by atoms with Gasteiger partial charge in [0.05, 0.1) is 13.4 Å². The monoisotopic (exact) mass is 293 g/mol. The molecule has 0 amide bonds. The molecule has 2 rings (SSSR count). The minimum atomic E-state index is -3.27. The Balaban J connectivity index is 2.15. The Kier molecular flexibility index (Phi) is 4.14. The molecule has 5 nitrogen and oxygen atoms in total. The molecule has 0 saturated heterocycles. The maximum absolute atomic E-state index is 11.1. The van der Waals surface area contributed by atoms with Crippen molar-refractivity contribution in [1.29, 1.82) is 0 Å². The fourth-order valence-electron chi connectivity index (χ4n) is 1.64. The van der Waals surface area contributed by atoms with E-state index in [1.807, 2.05) is 12.1 Å². The normalized spacial score (nSPS) is 10.9. The third kappa shape index (κ3) is 3.89. The third-order valence-electron chi connectivity index (χ3n) is 2.45. The summed E-state index contributed by atoms with van der Waals surface area (Å²) in [5.41, 5.74) is 0.486. The molecule has 0 heterocycles. The van der Waals surface area contributed by atoms with Crippen LogP contribution in [-0.2, 0) is 10.0 Å². The minimum Gasteiger partial charge on any atom is -0.493 e. The summed E-state index contributed by atoms with van der Waals surface area (Å²) in [6.07, 6.45) is 1.10. The van der Waals surface area contributed by atoms with Crippen LogP contribution in [0.15, 0.2) is 48.5 Å². The highest BCUT2D eigenvalue weighted by Gasteiger charge is 2.05. The van der Waals surface area contributed by atoms with Crippen molar-refractivity contribution in [2.75, 3.05) is 18.1 Å². The number of hydrogen-bond donors (Lipinski definition) is 1. The van der Waals surface area contributed by atoms with Gasteiger partial charge in [-0.2, -0.15) is 0 Å². The number of sulfonamides is 1. The van der Waals surface area contributed by atoms with Crippen LogP contribution in [0.1, 0.15) is 0 Å². The minimum absolute atomic E-state index is 0.486. The lowest BCUT2D eigenvalue weighted by atomic mass is 10.3. The maximum atomic E-state index is 11.1. The van der Waals surface area contributed by atoms with Gasteiger partial charge < -0.3 is 9.47 Å². The Morgan fingerprint density at radius 2 is 1.55 bits per heavy atom. The van der Waals surface area contributed by atoms with Crippen LogP contribution in [0.25, 0.3) is 0 Å². The number of rotatable bonds is 5. The summed E-state index contributed by atoms with van der Waals surface area (Å²) < 4.78 is 35.5. The second-order valence-corrected chi connectivity index (χ2v) is 5.90. The first-order chi connectivity index (χ1) is 9.48. The summed E-state index contributed by atoms with van der Waals surface area (Å²) in [7, 11) is -1.70. The molecule has 0 radical (unpaired) electrons. The molecular formula is C14H15NO4S. The van der Waals surface area contributed by atoms with Gasteiger partial charge in [-0.15, -0.1) is 0 Å². The van der Waals surface area contributed by atoms with Crippen LogP contribution in [0.5, 0.6) is 17.2 Å². The van der Waals surface area contributed by atoms with Gasteiger partial charge in [-0.3, -0.25) is 4.72 Å². The molecule has 2 aromatic rings. The van der Waals surface area contributed by atoms with Crippen LogP contribution in [0.4, 0.5) is 5.69 Å². The molecule has 0 aliphatic carbocycles. The van der Waals surface area contributed by atoms with Crippen molar-refractivity contribution in [3.05, 3.63) is 48.5 Å². The van der Waals surface area contributed by atoms with E-state index in [1.165, 1.54) is 0 Å². The number of hydrogen-bond acceptors (Lipinski definition) is 4. The van der Waals surface area contributed by atoms with Gasteiger partial charge in [-0.25, -0.2) is 8.42 Å². The molecule has 0 spiro atoms. The highest BCUT2D eigenvalue weighted by molar-refractivity contribution is 7.92. The van der Waals surface area contributed by atoms with Gasteiger partial charge in [0, 0.05) is 5.69 Å². The SMILES string of the molecule is COc1ccccc1Oc1ccc(NS(C)(=O)=O)cc1. The lowest BCUT2D eigenvalue weighted by Crippen LogP contribution is -2.09. The van der Waals surface area contributed by atoms with E-state index in [0.717, 1.165) is 6.26 Å². The van der Waals surface area contributed by atoms with Gasteiger partial charge in [0.25, 0.3) is 0 Å². The van der Waals surface area contributed by atoms with Gasteiger partial charge in [0.15, 0.2) is 11.5 Å². The Morgan fingerprint density at radius 1 is 0.950 bits per heavy atom. The molecule has 0 aromatic heterocycles. The number of para-hydroxylation sites is 2. The van der Waals surface area contributed by atoms with Crippen molar-refractivity contribution in [3.63, 3.8) is 0 Å². The van der Waals surface area contributed by atoms with Crippen molar-refractivity contribution in [1.82, 2.24) is 0 Å². The molecule has 20 heavy (non-hydrogen) atoms. The molecule has 6 heteroatoms. The van der Waals surface area contributed by atoms with Gasteiger partial charge in [0.1, 0.15) is 5.75 Å². The highest BCUT2D eigenvalue weighted by atomic mass is 32.2. The van der Waals surface area contributed by atoms with E-state index in [1.54, 1.807) is 43.5 Å². The number of nitrogens with one attached hydrogen (secondary N) is 1. The Morgan fingerprint density at radius 3 is 2.10 bits per heavy atom. The summed E-state index contributed by atoms with van der Waals surface area (Å²) >= 11 is 0. The Hall–Kier alpha value is -2.21. The number of anilines is 1. The predicted molar refractivity (Wildman–Crippen MR) is 78.0 cm³/mol. The summed E-state index contributed by atoms with van der Waals surface area (Å²) in [6.45, 7) is 0. The van der Waals surface area contributed by atoms with Crippen LogP contribution in [0, 0.1) is 0 Å². The summed E-state index contributed by atoms with van der Waals surface area (Å²) in [4.78, 5) is 0. The largest absolute Gasteiger partial charge is 0.493 e. The molecule has 0 fully saturated rings. The average Bonchev–Trinajstić information content (AvgIpc) is 2.40. The van der Waals surface area contributed by atoms with Crippen molar-refractivity contribution in [2.45, 2.75) is 0 Å². The van der Waals surface area contributed by atoms with Crippen molar-refractivity contribution >= 4 is 15.7 Å². The lowest BCUT2D eigenvalue weighted by Gasteiger charge is -2.10. The molecule has 106 valence electrons. The summed E-state index contributed by atoms with van der Waals surface area (Å²) in [5, 5.41) is 0. The topological polar surface area (TPSA) is 64.6 Å². The zero-order chi connectivity index (χ0) is 14.6. The van der Waals surface area contributed by atoms with Crippen molar-refractivity contribution in [2.24, 2.45) is 0 Å². The number of methoxy groups -OCH3 is 1. The van der Waals surface area contributed by atoms with E-state index in [9.17, 15) is 8.42 Å². The maximum Gasteiger partial charge on any atom is 0.229 e. The average molecular weight is 293 g/mol. The Bertz CT molecular complexity index is 681. The fraction of sp³-hybridized carbons (Fsp3) is 0.143. The zero-order valence-corrected chi connectivity index (χ0v) is 12.0. The van der Waals surface area contributed by atoms with Crippen LogP contribution in [-0.4, -0.2) is 21.8 Å². The summed E-state index contributed by atoms with van der Waals surface area (Å²) in [5.74, 6) is 1.82. The molecule has 0 saturated carbocycles. The van der Waals surface area contributed by atoms with Crippen molar-refractivity contribution in [3.8, 4) is 17.2 Å². The standard InChI is InChI=1S/C14H15NO4S/c1-18-13-5-3-4-6-14(13)19-12-9-7-11(8-10-12)15-20(2,16)17/h3-10,15H,1-2H3. The fourth-order valence-corrected chi connectivity index (χ4v) is 2.20. The zero-order valence-electron chi connectivity index (χ0n) is 11.2. The van der Waals surface area contributed by atoms with Crippen LogP contribution in [0.3, 0.4) is 0 Å². The molecule has 1 N–H and O–H groups in total. The number of ether oxygens (including phenoxy) is 2. The smallest absolute Gasteiger partial charge is 0.229 e. The van der Waals surface area contributed by atoms with Crippen LogP contribution >= 0.6 is 0 Å². The molecular weight excluding hydrogens is 278 g/mol. The van der Waals surface area contributed by atoms with E-state index in [0.29, 0.717) is 22.9 Å². The molecule has 0 aliphatic heterocycles. The van der Waals surface area contributed by atoms with Crippen LogP contribution < -0.4 is 14.2 Å². The van der Waals surface area contributed by atoms with Gasteiger partial charge in [0.2, 0.25) is 10.0 Å². The molecule has 0 aliphatic rings. The van der Waals surface area contributed by atoms with E-state index < -0.39 is 10.0 Å². The van der Waals surface area contributed by atoms with E-state index in [-0.39, 0.29) is 0 Å². The summed E-state index contributed by atoms with van der Waals surface area (Å²) in [6, 6.07) is 13.9. The quantitative estimate of drug-likeness (QED) is 0.920. The van der Waals surface area contributed by atoms with E-state index in [4.69, 9.17) is 9.47 Å². The van der Waals surface area contributed by atoms with Gasteiger partial charge >= 0.3 is 0 Å². The first kappa shape index (κ1) is 14.2. The second-order valence-electron chi connectivity index (χ2n) is 4.15. The highest BCUT2D eigenvalue weighted by Crippen LogP contribution is 2.31. The molecule has 0 bridgehead atoms. The van der Waals surface area contributed by atoms with Gasteiger partial charge in [-0.1, -0.05) is 12.1 Å². The van der Waals surface area contributed by atoms with E-state index >= 15 is 0 Å². The molecule has 0 atom stereocenters. The molecule has 2 aromatic carbocycles.